The van der Waals surface area contributed by atoms with Gasteiger partial charge in [0.25, 0.3) is 5.56 Å². The lowest BCUT2D eigenvalue weighted by Gasteiger charge is -2.03. The Labute approximate surface area is 107 Å². The van der Waals surface area contributed by atoms with Crippen LogP contribution in [0.5, 0.6) is 5.88 Å². The molecule has 0 fully saturated rings. The first-order valence-electron chi connectivity index (χ1n) is 5.54. The first kappa shape index (κ1) is 12.7. The number of aromatic nitrogens is 3. The van der Waals surface area contributed by atoms with E-state index in [1.54, 1.807) is 12.1 Å². The summed E-state index contributed by atoms with van der Waals surface area (Å²) in [5.41, 5.74) is -0.275. The largest absolute Gasteiger partial charge is 0.478 e. The number of nitrogens with zero attached hydrogens (tertiary/aromatic N) is 2. The van der Waals surface area contributed by atoms with Crippen LogP contribution in [0.2, 0.25) is 0 Å². The molecule has 0 aliphatic carbocycles. The van der Waals surface area contributed by atoms with E-state index in [0.717, 1.165) is 6.20 Å². The summed E-state index contributed by atoms with van der Waals surface area (Å²) in [6.45, 7) is 2.32. The van der Waals surface area contributed by atoms with E-state index in [0.29, 0.717) is 18.1 Å². The maximum atomic E-state index is 11.6. The van der Waals surface area contributed by atoms with Crippen LogP contribution in [-0.2, 0) is 0 Å². The molecule has 2 aromatic rings. The lowest BCUT2D eigenvalue weighted by Crippen LogP contribution is -2.15. The van der Waals surface area contributed by atoms with E-state index >= 15 is 0 Å². The molecule has 2 aromatic heterocycles. The number of pyridine rings is 1. The molecule has 2 N–H and O–H groups in total. The lowest BCUT2D eigenvalue weighted by atomic mass is 10.2. The zero-order valence-electron chi connectivity index (χ0n) is 10.1. The van der Waals surface area contributed by atoms with Crippen LogP contribution < -0.4 is 10.3 Å². The number of ether oxygens (including phenoxy) is 1. The molecule has 19 heavy (non-hydrogen) atoms. The summed E-state index contributed by atoms with van der Waals surface area (Å²) < 4.78 is 5.18. The molecule has 0 aromatic carbocycles. The molecule has 0 bridgehead atoms. The SMILES string of the molecule is CCOc1ccc(-c2nc(C(=O)O)c[nH]c2=O)cn1. The van der Waals surface area contributed by atoms with Crippen LogP contribution in [0.25, 0.3) is 11.3 Å². The molecular weight excluding hydrogens is 250 g/mol. The third-order valence-corrected chi connectivity index (χ3v) is 2.31. The maximum absolute atomic E-state index is 11.6. The van der Waals surface area contributed by atoms with Gasteiger partial charge in [-0.3, -0.25) is 4.79 Å². The molecule has 0 amide bonds. The highest BCUT2D eigenvalue weighted by Crippen LogP contribution is 2.15. The molecule has 0 aliphatic rings. The molecular formula is C12H11N3O4. The van der Waals surface area contributed by atoms with Gasteiger partial charge in [0, 0.05) is 24.0 Å². The second-order valence-corrected chi connectivity index (χ2v) is 3.59. The molecule has 2 rings (SSSR count). The second kappa shape index (κ2) is 5.30. The van der Waals surface area contributed by atoms with E-state index in [9.17, 15) is 9.59 Å². The van der Waals surface area contributed by atoms with Gasteiger partial charge in [0.1, 0.15) is 5.69 Å². The third-order valence-electron chi connectivity index (χ3n) is 2.31. The molecule has 0 atom stereocenters. The molecule has 0 aliphatic heterocycles. The van der Waals surface area contributed by atoms with Crippen LogP contribution in [0, 0.1) is 0 Å². The fourth-order valence-electron chi connectivity index (χ4n) is 1.46. The van der Waals surface area contributed by atoms with E-state index in [1.807, 2.05) is 6.92 Å². The quantitative estimate of drug-likeness (QED) is 0.848. The van der Waals surface area contributed by atoms with Crippen LogP contribution in [0.15, 0.2) is 29.3 Å². The van der Waals surface area contributed by atoms with Crippen molar-refractivity contribution in [2.45, 2.75) is 6.92 Å². The van der Waals surface area contributed by atoms with Crippen LogP contribution >= 0.6 is 0 Å². The van der Waals surface area contributed by atoms with Crippen molar-refractivity contribution in [1.29, 1.82) is 0 Å². The van der Waals surface area contributed by atoms with Gasteiger partial charge in [0.05, 0.1) is 6.61 Å². The summed E-state index contributed by atoms with van der Waals surface area (Å²) in [5, 5.41) is 8.84. The standard InChI is InChI=1S/C12H11N3O4/c1-2-19-9-4-3-7(5-13-9)10-11(16)14-6-8(15-10)12(17)18/h3-6H,2H2,1H3,(H,14,16)(H,17,18). The Bertz CT molecular complexity index is 649. The Kier molecular flexibility index (Phi) is 3.56. The van der Waals surface area contributed by atoms with Gasteiger partial charge in [-0.05, 0) is 13.0 Å². The molecule has 98 valence electrons. The number of H-pyrrole nitrogens is 1. The molecule has 7 nitrogen and oxygen atoms in total. The Morgan fingerprint density at radius 3 is 2.84 bits per heavy atom. The minimum absolute atomic E-state index is 0.00967. The molecule has 0 spiro atoms. The van der Waals surface area contributed by atoms with Gasteiger partial charge < -0.3 is 14.8 Å². The van der Waals surface area contributed by atoms with E-state index in [1.165, 1.54) is 6.20 Å². The fourth-order valence-corrected chi connectivity index (χ4v) is 1.46. The van der Waals surface area contributed by atoms with Crippen molar-refractivity contribution < 1.29 is 14.6 Å². The summed E-state index contributed by atoms with van der Waals surface area (Å²) >= 11 is 0. The van der Waals surface area contributed by atoms with Gasteiger partial charge in [-0.2, -0.15) is 0 Å². The number of hydrogen-bond donors (Lipinski definition) is 2. The zero-order valence-corrected chi connectivity index (χ0v) is 10.1. The second-order valence-electron chi connectivity index (χ2n) is 3.59. The number of aromatic carboxylic acids is 1. The van der Waals surface area contributed by atoms with Gasteiger partial charge in [-0.1, -0.05) is 0 Å². The highest BCUT2D eigenvalue weighted by molar-refractivity contribution is 5.85. The Hall–Kier alpha value is -2.70. The lowest BCUT2D eigenvalue weighted by molar-refractivity contribution is 0.0690. The van der Waals surface area contributed by atoms with Gasteiger partial charge in [-0.25, -0.2) is 14.8 Å². The van der Waals surface area contributed by atoms with Crippen LogP contribution in [0.3, 0.4) is 0 Å². The third kappa shape index (κ3) is 2.76. The van der Waals surface area contributed by atoms with Gasteiger partial charge in [0.2, 0.25) is 5.88 Å². The average molecular weight is 261 g/mol. The predicted octanol–water partition coefficient (Wildman–Crippen LogP) is 0.929. The normalized spacial score (nSPS) is 10.2. The number of carbonyl (C=O) groups is 1. The van der Waals surface area contributed by atoms with Crippen molar-refractivity contribution in [2.24, 2.45) is 0 Å². The number of hydrogen-bond acceptors (Lipinski definition) is 5. The zero-order chi connectivity index (χ0) is 13.8. The summed E-state index contributed by atoms with van der Waals surface area (Å²) in [7, 11) is 0. The first-order chi connectivity index (χ1) is 9.11. The molecule has 0 saturated heterocycles. The molecule has 0 saturated carbocycles. The molecule has 2 heterocycles. The Morgan fingerprint density at radius 2 is 2.26 bits per heavy atom. The number of rotatable bonds is 4. The number of aromatic amines is 1. The van der Waals surface area contributed by atoms with E-state index in [4.69, 9.17) is 9.84 Å². The highest BCUT2D eigenvalue weighted by Gasteiger charge is 2.11. The van der Waals surface area contributed by atoms with Crippen LogP contribution in [0.1, 0.15) is 17.4 Å². The smallest absolute Gasteiger partial charge is 0.356 e. The number of carboxylic acids is 1. The van der Waals surface area contributed by atoms with E-state index < -0.39 is 11.5 Å². The van der Waals surface area contributed by atoms with Crippen LogP contribution in [0.4, 0.5) is 0 Å². The van der Waals surface area contributed by atoms with Crippen molar-refractivity contribution in [2.75, 3.05) is 6.61 Å². The Balaban J connectivity index is 2.43. The van der Waals surface area contributed by atoms with Gasteiger partial charge in [-0.15, -0.1) is 0 Å². The van der Waals surface area contributed by atoms with Crippen LogP contribution in [-0.4, -0.2) is 32.6 Å². The van der Waals surface area contributed by atoms with Gasteiger partial charge >= 0.3 is 5.97 Å². The van der Waals surface area contributed by atoms with Crippen molar-refractivity contribution in [3.8, 4) is 17.1 Å². The minimum atomic E-state index is -1.21. The van der Waals surface area contributed by atoms with Crippen molar-refractivity contribution >= 4 is 5.97 Å². The summed E-state index contributed by atoms with van der Waals surface area (Å²) in [4.78, 5) is 32.6. The van der Waals surface area contributed by atoms with Crippen molar-refractivity contribution in [1.82, 2.24) is 15.0 Å². The highest BCUT2D eigenvalue weighted by atomic mass is 16.5. The Morgan fingerprint density at radius 1 is 1.47 bits per heavy atom. The van der Waals surface area contributed by atoms with E-state index in [-0.39, 0.29) is 11.4 Å². The van der Waals surface area contributed by atoms with E-state index in [2.05, 4.69) is 15.0 Å². The molecule has 7 heteroatoms. The van der Waals surface area contributed by atoms with Gasteiger partial charge in [0.15, 0.2) is 5.69 Å². The van der Waals surface area contributed by atoms with Crippen molar-refractivity contribution in [3.63, 3.8) is 0 Å². The topological polar surface area (TPSA) is 105 Å². The summed E-state index contributed by atoms with van der Waals surface area (Å²) in [6.07, 6.45) is 2.46. The summed E-state index contributed by atoms with van der Waals surface area (Å²) in [5.74, 6) is -0.784. The summed E-state index contributed by atoms with van der Waals surface area (Å²) in [6, 6.07) is 3.19. The maximum Gasteiger partial charge on any atom is 0.356 e. The fraction of sp³-hybridized carbons (Fsp3) is 0.167. The molecule has 0 unspecified atom stereocenters. The predicted molar refractivity (Wildman–Crippen MR) is 66.2 cm³/mol. The average Bonchev–Trinajstić information content (AvgIpc) is 2.40. The minimum Gasteiger partial charge on any atom is -0.478 e. The molecule has 0 radical (unpaired) electrons. The van der Waals surface area contributed by atoms with Crippen molar-refractivity contribution in [3.05, 3.63) is 40.6 Å². The first-order valence-corrected chi connectivity index (χ1v) is 5.54. The number of carboxylic acid groups (broad SMARTS) is 1. The number of nitrogens with one attached hydrogen (secondary N) is 1. The monoisotopic (exact) mass is 261 g/mol.